The van der Waals surface area contributed by atoms with Gasteiger partial charge in [-0.3, -0.25) is 4.79 Å². The van der Waals surface area contributed by atoms with E-state index < -0.39 is 0 Å². The van der Waals surface area contributed by atoms with Crippen LogP contribution in [0.4, 0.5) is 11.5 Å². The molecule has 1 unspecified atom stereocenters. The molecule has 29 heavy (non-hydrogen) atoms. The highest BCUT2D eigenvalue weighted by Crippen LogP contribution is 2.31. The fourth-order valence-corrected chi connectivity index (χ4v) is 4.54. The van der Waals surface area contributed by atoms with Crippen molar-refractivity contribution in [3.05, 3.63) is 52.7 Å². The Morgan fingerprint density at radius 2 is 2.07 bits per heavy atom. The zero-order chi connectivity index (χ0) is 20.4. The van der Waals surface area contributed by atoms with Crippen molar-refractivity contribution in [2.75, 3.05) is 42.9 Å². The van der Waals surface area contributed by atoms with Crippen LogP contribution in [-0.4, -0.2) is 48.5 Å². The van der Waals surface area contributed by atoms with E-state index in [-0.39, 0.29) is 5.91 Å². The van der Waals surface area contributed by atoms with E-state index in [1.54, 1.807) is 24.3 Å². The molecule has 0 bridgehead atoms. The van der Waals surface area contributed by atoms with E-state index in [1.807, 2.05) is 19.2 Å². The van der Waals surface area contributed by atoms with Gasteiger partial charge in [0.25, 0.3) is 5.91 Å². The number of carbonyl (C=O) groups excluding carboxylic acids is 1. The number of likely N-dealkylation sites (tertiary alicyclic amines) is 1. The number of nitrogens with zero attached hydrogens (tertiary/aromatic N) is 3. The van der Waals surface area contributed by atoms with Gasteiger partial charge in [0.1, 0.15) is 0 Å². The van der Waals surface area contributed by atoms with Gasteiger partial charge in [-0.05, 0) is 55.0 Å². The van der Waals surface area contributed by atoms with E-state index in [1.165, 1.54) is 32.5 Å². The number of hydrogen-bond acceptors (Lipinski definition) is 4. The number of amides is 1. The van der Waals surface area contributed by atoms with Crippen LogP contribution in [-0.2, 0) is 0 Å². The Kier molecular flexibility index (Phi) is 6.07. The first-order chi connectivity index (χ1) is 14.0. The molecule has 5 nitrogen and oxygen atoms in total. The highest BCUT2D eigenvalue weighted by atomic mass is 35.5. The average Bonchev–Trinajstić information content (AvgIpc) is 3.13. The summed E-state index contributed by atoms with van der Waals surface area (Å²) in [7, 11) is 0. The van der Waals surface area contributed by atoms with E-state index in [2.05, 4.69) is 27.0 Å². The Balaban J connectivity index is 1.44. The monoisotopic (exact) mass is 412 g/mol. The molecule has 2 aromatic rings. The predicted molar refractivity (Wildman–Crippen MR) is 119 cm³/mol. The molecule has 0 radical (unpaired) electrons. The standard InChI is InChI=1S/C23H29ClN4O/c1-3-17-12-27(13-17)14-18-7-8-28(15-18)22-21(9-16(2)11-25-22)26-23(29)19-5-4-6-20(24)10-19/h4-6,9-11,17-18H,3,7-8,12-15H2,1-2H3,(H,26,29). The van der Waals surface area contributed by atoms with E-state index in [0.717, 1.165) is 36.1 Å². The average molecular weight is 413 g/mol. The molecule has 154 valence electrons. The molecule has 2 aliphatic rings. The maximum atomic E-state index is 12.7. The predicted octanol–water partition coefficient (Wildman–Crippen LogP) is 4.46. The number of rotatable bonds is 6. The summed E-state index contributed by atoms with van der Waals surface area (Å²) in [5, 5.41) is 3.61. The van der Waals surface area contributed by atoms with Crippen molar-refractivity contribution >= 4 is 29.0 Å². The fourth-order valence-electron chi connectivity index (χ4n) is 4.35. The van der Waals surface area contributed by atoms with Crippen LogP contribution in [0.2, 0.25) is 5.02 Å². The number of pyridine rings is 1. The molecular weight excluding hydrogens is 384 g/mol. The Labute approximate surface area is 178 Å². The van der Waals surface area contributed by atoms with E-state index in [4.69, 9.17) is 11.6 Å². The Morgan fingerprint density at radius 3 is 2.83 bits per heavy atom. The summed E-state index contributed by atoms with van der Waals surface area (Å²) < 4.78 is 0. The van der Waals surface area contributed by atoms with Crippen LogP contribution in [0.5, 0.6) is 0 Å². The fraction of sp³-hybridized carbons (Fsp3) is 0.478. The van der Waals surface area contributed by atoms with Crippen molar-refractivity contribution in [3.63, 3.8) is 0 Å². The molecule has 1 aromatic heterocycles. The zero-order valence-electron chi connectivity index (χ0n) is 17.2. The molecular formula is C23H29ClN4O. The van der Waals surface area contributed by atoms with Crippen LogP contribution in [0.1, 0.15) is 35.7 Å². The molecule has 1 atom stereocenters. The maximum absolute atomic E-state index is 12.7. The van der Waals surface area contributed by atoms with Gasteiger partial charge in [-0.15, -0.1) is 0 Å². The second kappa shape index (κ2) is 8.72. The van der Waals surface area contributed by atoms with E-state index >= 15 is 0 Å². The number of aromatic nitrogens is 1. The van der Waals surface area contributed by atoms with Crippen molar-refractivity contribution < 1.29 is 4.79 Å². The molecule has 6 heteroatoms. The highest BCUT2D eigenvalue weighted by molar-refractivity contribution is 6.31. The number of hydrogen-bond donors (Lipinski definition) is 1. The molecule has 2 fully saturated rings. The van der Waals surface area contributed by atoms with Crippen molar-refractivity contribution in [3.8, 4) is 0 Å². The van der Waals surface area contributed by atoms with Crippen molar-refractivity contribution in [2.45, 2.75) is 26.7 Å². The third-order valence-electron chi connectivity index (χ3n) is 6.05. The Morgan fingerprint density at radius 1 is 1.24 bits per heavy atom. The lowest BCUT2D eigenvalue weighted by Gasteiger charge is -2.40. The van der Waals surface area contributed by atoms with Crippen LogP contribution < -0.4 is 10.2 Å². The maximum Gasteiger partial charge on any atom is 0.255 e. The summed E-state index contributed by atoms with van der Waals surface area (Å²) in [6.45, 7) is 9.90. The van der Waals surface area contributed by atoms with Gasteiger partial charge in [0, 0.05) is 49.5 Å². The topological polar surface area (TPSA) is 48.5 Å². The summed E-state index contributed by atoms with van der Waals surface area (Å²) in [6.07, 6.45) is 4.33. The third kappa shape index (κ3) is 4.73. The number of aryl methyl sites for hydroxylation is 1. The molecule has 1 aromatic carbocycles. The first-order valence-corrected chi connectivity index (χ1v) is 10.9. The van der Waals surface area contributed by atoms with Crippen LogP contribution in [0.3, 0.4) is 0 Å². The van der Waals surface area contributed by atoms with Crippen molar-refractivity contribution in [1.82, 2.24) is 9.88 Å². The van der Waals surface area contributed by atoms with E-state index in [0.29, 0.717) is 16.5 Å². The molecule has 3 heterocycles. The minimum atomic E-state index is -0.164. The van der Waals surface area contributed by atoms with Gasteiger partial charge in [0.05, 0.1) is 5.69 Å². The van der Waals surface area contributed by atoms with Crippen LogP contribution in [0, 0.1) is 18.8 Å². The summed E-state index contributed by atoms with van der Waals surface area (Å²) in [6, 6.07) is 9.01. The van der Waals surface area contributed by atoms with E-state index in [9.17, 15) is 4.79 Å². The number of anilines is 2. The molecule has 0 spiro atoms. The lowest BCUT2D eigenvalue weighted by molar-refractivity contribution is 0.0824. The number of nitrogens with one attached hydrogen (secondary N) is 1. The van der Waals surface area contributed by atoms with Crippen molar-refractivity contribution in [1.29, 1.82) is 0 Å². The van der Waals surface area contributed by atoms with Crippen molar-refractivity contribution in [2.24, 2.45) is 11.8 Å². The SMILES string of the molecule is CCC1CN(CC2CCN(c3ncc(C)cc3NC(=O)c3cccc(Cl)c3)C2)C1. The summed E-state index contributed by atoms with van der Waals surface area (Å²) in [5.74, 6) is 2.25. The second-order valence-electron chi connectivity index (χ2n) is 8.44. The van der Waals surface area contributed by atoms with Crippen LogP contribution >= 0.6 is 11.6 Å². The Hall–Kier alpha value is -2.11. The first kappa shape index (κ1) is 20.2. The lowest BCUT2D eigenvalue weighted by atomic mass is 9.95. The van der Waals surface area contributed by atoms with Gasteiger partial charge >= 0.3 is 0 Å². The summed E-state index contributed by atoms with van der Waals surface area (Å²) in [5.41, 5.74) is 2.34. The highest BCUT2D eigenvalue weighted by Gasteiger charge is 2.31. The smallest absolute Gasteiger partial charge is 0.255 e. The minimum Gasteiger partial charge on any atom is -0.355 e. The van der Waals surface area contributed by atoms with Gasteiger partial charge in [0.15, 0.2) is 5.82 Å². The number of carbonyl (C=O) groups is 1. The van der Waals surface area contributed by atoms with Crippen LogP contribution in [0.25, 0.3) is 0 Å². The zero-order valence-corrected chi connectivity index (χ0v) is 18.0. The molecule has 1 N–H and O–H groups in total. The third-order valence-corrected chi connectivity index (χ3v) is 6.29. The molecule has 4 rings (SSSR count). The molecule has 0 aliphatic carbocycles. The first-order valence-electron chi connectivity index (χ1n) is 10.5. The van der Waals surface area contributed by atoms with Gasteiger partial charge in [-0.2, -0.15) is 0 Å². The molecule has 2 saturated heterocycles. The second-order valence-corrected chi connectivity index (χ2v) is 8.88. The van der Waals surface area contributed by atoms with Gasteiger partial charge in [-0.1, -0.05) is 31.0 Å². The lowest BCUT2D eigenvalue weighted by Crippen LogP contribution is -2.48. The molecule has 2 aliphatic heterocycles. The van der Waals surface area contributed by atoms with Gasteiger partial charge < -0.3 is 15.1 Å². The quantitative estimate of drug-likeness (QED) is 0.760. The number of benzene rings is 1. The van der Waals surface area contributed by atoms with Gasteiger partial charge in [-0.25, -0.2) is 4.98 Å². The minimum absolute atomic E-state index is 0.164. The van der Waals surface area contributed by atoms with Crippen LogP contribution in [0.15, 0.2) is 36.5 Å². The summed E-state index contributed by atoms with van der Waals surface area (Å²) >= 11 is 6.04. The Bertz CT molecular complexity index is 881. The largest absolute Gasteiger partial charge is 0.355 e. The van der Waals surface area contributed by atoms with Gasteiger partial charge in [0.2, 0.25) is 0 Å². The molecule has 1 amide bonds. The number of halogens is 1. The normalized spacial score (nSPS) is 20.0. The summed E-state index contributed by atoms with van der Waals surface area (Å²) in [4.78, 5) is 22.3. The molecule has 0 saturated carbocycles.